The minimum absolute atomic E-state index is 0.0137. The van der Waals surface area contributed by atoms with E-state index in [9.17, 15) is 13.2 Å². The van der Waals surface area contributed by atoms with Gasteiger partial charge in [-0.3, -0.25) is 18.8 Å². The number of piperazine rings is 1. The Bertz CT molecular complexity index is 1570. The molecule has 2 aromatic heterocycles. The van der Waals surface area contributed by atoms with E-state index in [1.165, 1.54) is 0 Å². The molecule has 0 spiro atoms. The molecule has 0 bridgehead atoms. The van der Waals surface area contributed by atoms with Gasteiger partial charge >= 0.3 is 0 Å². The van der Waals surface area contributed by atoms with E-state index in [1.807, 2.05) is 36.4 Å². The van der Waals surface area contributed by atoms with Crippen LogP contribution in [0.5, 0.6) is 11.6 Å². The molecule has 2 aliphatic rings. The molecule has 1 N–H and O–H groups in total. The molecule has 0 atom stereocenters. The van der Waals surface area contributed by atoms with E-state index < -0.39 is 10.1 Å². The van der Waals surface area contributed by atoms with E-state index in [0.29, 0.717) is 39.8 Å². The zero-order valence-electron chi connectivity index (χ0n) is 26.1. The zero-order chi connectivity index (χ0) is 32.7. The maximum absolute atomic E-state index is 11.3. The maximum atomic E-state index is 11.3. The number of halogens is 2. The highest BCUT2D eigenvalue weighted by Gasteiger charge is 2.21. The largest absolute Gasteiger partial charge is 0.437 e. The highest BCUT2D eigenvalue weighted by Crippen LogP contribution is 2.31. The van der Waals surface area contributed by atoms with Crippen molar-refractivity contribution in [2.45, 2.75) is 26.3 Å². The summed E-state index contributed by atoms with van der Waals surface area (Å²) in [5.41, 5.74) is 2.57. The number of anilines is 1. The van der Waals surface area contributed by atoms with Crippen LogP contribution < -0.4 is 15.0 Å². The van der Waals surface area contributed by atoms with Crippen molar-refractivity contribution in [3.8, 4) is 22.9 Å². The Morgan fingerprint density at radius 2 is 1.70 bits per heavy atom. The lowest BCUT2D eigenvalue weighted by molar-refractivity contribution is -0.119. The maximum Gasteiger partial charge on any atom is 0.264 e. The molecule has 0 unspecified atom stereocenters. The molecule has 14 heteroatoms. The summed E-state index contributed by atoms with van der Waals surface area (Å²) >= 11 is 12.7. The molecule has 0 aliphatic carbocycles. The molecule has 4 heterocycles. The number of pyridine rings is 2. The van der Waals surface area contributed by atoms with E-state index >= 15 is 0 Å². The van der Waals surface area contributed by atoms with Crippen molar-refractivity contribution in [1.29, 1.82) is 0 Å². The number of amides is 1. The Labute approximate surface area is 280 Å². The van der Waals surface area contributed by atoms with Gasteiger partial charge in [0.25, 0.3) is 10.1 Å². The minimum atomic E-state index is -3.43. The lowest BCUT2D eigenvalue weighted by Crippen LogP contribution is -2.47. The van der Waals surface area contributed by atoms with Gasteiger partial charge in [0.2, 0.25) is 11.8 Å². The Morgan fingerprint density at radius 1 is 0.978 bits per heavy atom. The van der Waals surface area contributed by atoms with Gasteiger partial charge in [0.15, 0.2) is 0 Å². The van der Waals surface area contributed by atoms with Crippen molar-refractivity contribution >= 4 is 45.0 Å². The van der Waals surface area contributed by atoms with E-state index in [-0.39, 0.29) is 12.5 Å². The van der Waals surface area contributed by atoms with Crippen LogP contribution in [0.4, 0.5) is 5.82 Å². The second-order valence-electron chi connectivity index (χ2n) is 11.8. The lowest BCUT2D eigenvalue weighted by atomic mass is 9.96. The summed E-state index contributed by atoms with van der Waals surface area (Å²) in [4.78, 5) is 27.5. The number of aromatic nitrogens is 2. The number of carbonyl (C=O) groups excluding carboxylic acids is 1. The molecule has 3 aromatic rings. The van der Waals surface area contributed by atoms with Crippen molar-refractivity contribution in [2.24, 2.45) is 5.92 Å². The third-order valence-corrected chi connectivity index (χ3v) is 9.15. The van der Waals surface area contributed by atoms with Gasteiger partial charge in [-0.15, -0.1) is 0 Å². The summed E-state index contributed by atoms with van der Waals surface area (Å²) in [6.45, 7) is 8.72. The van der Waals surface area contributed by atoms with E-state index in [4.69, 9.17) is 37.1 Å². The van der Waals surface area contributed by atoms with Crippen LogP contribution in [-0.2, 0) is 25.6 Å². The third kappa shape index (κ3) is 10.5. The summed E-state index contributed by atoms with van der Waals surface area (Å²) in [7, 11) is -3.43. The molecular formula is C32H40Cl2N6O5S. The summed E-state index contributed by atoms with van der Waals surface area (Å²) in [5, 5.41) is 4.00. The van der Waals surface area contributed by atoms with Gasteiger partial charge in [-0.05, 0) is 73.8 Å². The van der Waals surface area contributed by atoms with Crippen LogP contribution >= 0.6 is 23.2 Å². The quantitative estimate of drug-likeness (QED) is 0.268. The number of hydrogen-bond donors (Lipinski definition) is 1. The average Bonchev–Trinajstić information content (AvgIpc) is 3.00. The Balaban J connectivity index is 1.24. The van der Waals surface area contributed by atoms with Crippen LogP contribution in [0.2, 0.25) is 10.0 Å². The number of ether oxygens (including phenoxy) is 1. The van der Waals surface area contributed by atoms with E-state index in [1.54, 1.807) is 19.2 Å². The van der Waals surface area contributed by atoms with Gasteiger partial charge in [0.1, 0.15) is 11.6 Å². The molecule has 0 radical (unpaired) electrons. The lowest BCUT2D eigenvalue weighted by Gasteiger charge is -2.35. The number of nitrogens with one attached hydrogen (secondary N) is 1. The Morgan fingerprint density at radius 3 is 2.33 bits per heavy atom. The predicted octanol–water partition coefficient (Wildman–Crippen LogP) is 4.69. The number of carbonyl (C=O) groups is 1. The monoisotopic (exact) mass is 690 g/mol. The van der Waals surface area contributed by atoms with Crippen molar-refractivity contribution in [3.05, 3.63) is 64.3 Å². The van der Waals surface area contributed by atoms with Gasteiger partial charge in [-0.2, -0.15) is 8.42 Å². The van der Waals surface area contributed by atoms with Crippen molar-refractivity contribution in [3.63, 3.8) is 0 Å². The van der Waals surface area contributed by atoms with Gasteiger partial charge in [0, 0.05) is 74.4 Å². The fourth-order valence-corrected chi connectivity index (χ4v) is 6.61. The summed E-state index contributed by atoms with van der Waals surface area (Å²) in [6.07, 6.45) is 4.81. The smallest absolute Gasteiger partial charge is 0.264 e. The number of nitrogens with zero attached hydrogens (tertiary/aromatic N) is 5. The molecule has 11 nitrogen and oxygen atoms in total. The molecule has 1 amide bonds. The average molecular weight is 692 g/mol. The summed E-state index contributed by atoms with van der Waals surface area (Å²) < 4.78 is 33.5. The van der Waals surface area contributed by atoms with Crippen LogP contribution in [0.3, 0.4) is 0 Å². The Kier molecular flexibility index (Phi) is 11.7. The fourth-order valence-electron chi connectivity index (χ4n) is 5.71. The first-order chi connectivity index (χ1) is 22.0. The highest BCUT2D eigenvalue weighted by atomic mass is 35.5. The first-order valence-electron chi connectivity index (χ1n) is 15.4. The van der Waals surface area contributed by atoms with E-state index in [2.05, 4.69) is 25.0 Å². The second kappa shape index (κ2) is 15.7. The second-order valence-corrected chi connectivity index (χ2v) is 14.3. The number of benzene rings is 1. The number of hydrogen-bond acceptors (Lipinski definition) is 10. The topological polar surface area (TPSA) is 117 Å². The van der Waals surface area contributed by atoms with Crippen LogP contribution in [0.1, 0.15) is 25.3 Å². The molecule has 5 rings (SSSR count). The number of piperidine rings is 1. The normalized spacial score (nSPS) is 16.8. The number of likely N-dealkylation sites (tertiary alicyclic amines) is 1. The third-order valence-electron chi connectivity index (χ3n) is 8.12. The van der Waals surface area contributed by atoms with Crippen LogP contribution in [0.25, 0.3) is 11.3 Å². The minimum Gasteiger partial charge on any atom is -0.437 e. The molecule has 0 saturated carbocycles. The van der Waals surface area contributed by atoms with Gasteiger partial charge < -0.3 is 15.0 Å². The van der Waals surface area contributed by atoms with Gasteiger partial charge in [0.05, 0.1) is 24.8 Å². The molecule has 2 fully saturated rings. The number of rotatable bonds is 12. The van der Waals surface area contributed by atoms with Gasteiger partial charge in [-0.1, -0.05) is 23.2 Å². The van der Waals surface area contributed by atoms with Crippen LogP contribution in [-0.4, -0.2) is 99.3 Å². The zero-order valence-corrected chi connectivity index (χ0v) is 28.5. The van der Waals surface area contributed by atoms with Crippen molar-refractivity contribution in [2.75, 3.05) is 70.1 Å². The van der Waals surface area contributed by atoms with Crippen molar-refractivity contribution < 1.29 is 22.1 Å². The molecule has 2 saturated heterocycles. The Hall–Kier alpha value is -3.00. The first-order valence-corrected chi connectivity index (χ1v) is 18.0. The van der Waals surface area contributed by atoms with Crippen LogP contribution in [0.15, 0.2) is 48.7 Å². The van der Waals surface area contributed by atoms with Crippen LogP contribution in [0, 0.1) is 5.92 Å². The molecular weight excluding hydrogens is 651 g/mol. The molecule has 248 valence electrons. The predicted molar refractivity (Wildman–Crippen MR) is 180 cm³/mol. The molecule has 2 aliphatic heterocycles. The van der Waals surface area contributed by atoms with Crippen molar-refractivity contribution in [1.82, 2.24) is 25.1 Å². The highest BCUT2D eigenvalue weighted by molar-refractivity contribution is 7.85. The van der Waals surface area contributed by atoms with E-state index in [0.717, 1.165) is 88.4 Å². The summed E-state index contributed by atoms with van der Waals surface area (Å²) in [6, 6.07) is 13.2. The summed E-state index contributed by atoms with van der Waals surface area (Å²) in [5.74, 6) is 2.36. The fraction of sp³-hybridized carbons (Fsp3) is 0.469. The SMILES string of the molecule is CC(=O)NCC1CCN(Cc2cc(Oc3ccc(N4CCN(CCOS(C)(=O)=O)CC4)nc3)nc(-c3cc(Cl)cc(Cl)c3)c2)CC1. The molecule has 1 aromatic carbocycles. The standard InChI is InChI=1S/C32H40Cl2N6O5S/c1-23(41)35-20-24-5-7-39(8-6-24)22-25-15-30(26-17-27(33)19-28(34)18-26)37-32(16-25)45-29-3-4-31(36-21-29)40-11-9-38(10-12-40)13-14-44-46(2,42)43/h3-4,15-19,21,24H,5-14,20,22H2,1-2H3,(H,35,41). The molecule has 46 heavy (non-hydrogen) atoms. The first kappa shape index (κ1) is 34.3. The van der Waals surface area contributed by atoms with Gasteiger partial charge in [-0.25, -0.2) is 9.97 Å².